The van der Waals surface area contributed by atoms with E-state index in [2.05, 4.69) is 92.1 Å². The summed E-state index contributed by atoms with van der Waals surface area (Å²) in [5.41, 5.74) is 0. The van der Waals surface area contributed by atoms with Crippen LogP contribution in [0.1, 0.15) is 162 Å². The van der Waals surface area contributed by atoms with Crippen molar-refractivity contribution in [1.82, 2.24) is 5.32 Å². The molecule has 3 N–H and O–H groups in total. The number of allylic oxidation sites excluding steroid dienone is 14. The molecule has 0 heterocycles. The molecule has 0 aromatic carbocycles. The van der Waals surface area contributed by atoms with Gasteiger partial charge in [0, 0.05) is 6.42 Å². The highest BCUT2D eigenvalue weighted by Crippen LogP contribution is 2.43. The van der Waals surface area contributed by atoms with Gasteiger partial charge in [0.25, 0.3) is 0 Å². The number of nitrogens with one attached hydrogen (secondary N) is 1. The first-order valence-electron chi connectivity index (χ1n) is 23.1. The lowest BCUT2D eigenvalue weighted by molar-refractivity contribution is -0.870. The predicted octanol–water partition coefficient (Wildman–Crippen LogP) is 13.1. The van der Waals surface area contributed by atoms with Gasteiger partial charge in [-0.1, -0.05) is 182 Å². The number of aliphatic hydroxyl groups excluding tert-OH is 1. The van der Waals surface area contributed by atoms with E-state index in [1.165, 1.54) is 83.5 Å². The molecule has 0 bridgehead atoms. The fourth-order valence-corrected chi connectivity index (χ4v) is 6.64. The van der Waals surface area contributed by atoms with E-state index >= 15 is 0 Å². The van der Waals surface area contributed by atoms with Crippen LogP contribution >= 0.6 is 7.82 Å². The minimum absolute atomic E-state index is 0.0319. The number of nitrogens with zero attached hydrogens (tertiary/aromatic N) is 1. The van der Waals surface area contributed by atoms with E-state index in [9.17, 15) is 19.4 Å². The minimum atomic E-state index is -4.38. The molecular weight excluding hydrogens is 756 g/mol. The third-order valence-corrected chi connectivity index (χ3v) is 10.5. The number of carbonyl (C=O) groups excluding carboxylic acids is 1. The first-order chi connectivity index (χ1) is 28.5. The summed E-state index contributed by atoms with van der Waals surface area (Å²) < 4.78 is 23.5. The van der Waals surface area contributed by atoms with E-state index in [0.29, 0.717) is 17.4 Å². The maximum absolute atomic E-state index is 12.8. The first-order valence-corrected chi connectivity index (χ1v) is 24.6. The zero-order chi connectivity index (χ0) is 43.6. The third-order valence-electron chi connectivity index (χ3n) is 9.54. The normalized spacial score (nSPS) is 15.2. The smallest absolute Gasteiger partial charge is 0.387 e. The summed E-state index contributed by atoms with van der Waals surface area (Å²) >= 11 is 0. The molecule has 0 fully saturated rings. The molecule has 0 aliphatic rings. The minimum Gasteiger partial charge on any atom is -0.387 e. The molecule has 338 valence electrons. The van der Waals surface area contributed by atoms with Crippen LogP contribution in [0.3, 0.4) is 0 Å². The van der Waals surface area contributed by atoms with Crippen LogP contribution in [0, 0.1) is 0 Å². The first kappa shape index (κ1) is 56.4. The van der Waals surface area contributed by atoms with Crippen LogP contribution in [0.25, 0.3) is 0 Å². The van der Waals surface area contributed by atoms with E-state index in [1.54, 1.807) is 12.2 Å². The second-order valence-corrected chi connectivity index (χ2v) is 17.8. The number of rotatable bonds is 40. The van der Waals surface area contributed by atoms with Gasteiger partial charge in [-0.25, -0.2) is 4.57 Å². The van der Waals surface area contributed by atoms with Crippen LogP contribution in [0.15, 0.2) is 97.2 Å². The van der Waals surface area contributed by atoms with Crippen molar-refractivity contribution in [2.45, 2.75) is 174 Å². The van der Waals surface area contributed by atoms with Crippen molar-refractivity contribution in [3.63, 3.8) is 0 Å². The van der Waals surface area contributed by atoms with Crippen LogP contribution < -0.4 is 5.32 Å². The topological polar surface area (TPSA) is 105 Å². The summed E-state index contributed by atoms with van der Waals surface area (Å²) in [7, 11) is 1.47. The molecule has 0 aromatic rings. The predicted molar refractivity (Wildman–Crippen MR) is 253 cm³/mol. The summed E-state index contributed by atoms with van der Waals surface area (Å²) in [6.07, 6.45) is 58.1. The van der Waals surface area contributed by atoms with Crippen molar-refractivity contribution < 1.29 is 32.9 Å². The molecule has 0 aliphatic heterocycles. The molecule has 9 heteroatoms. The fourth-order valence-electron chi connectivity index (χ4n) is 5.90. The average molecular weight is 844 g/mol. The van der Waals surface area contributed by atoms with Crippen LogP contribution in [0.5, 0.6) is 0 Å². The molecule has 0 radical (unpaired) electrons. The zero-order valence-electron chi connectivity index (χ0n) is 38.2. The molecule has 0 aliphatic carbocycles. The number of hydrogen-bond donors (Lipinski definition) is 3. The fraction of sp³-hybridized carbons (Fsp3) is 0.660. The Morgan fingerprint density at radius 2 is 1.03 bits per heavy atom. The van der Waals surface area contributed by atoms with Gasteiger partial charge in [-0.15, -0.1) is 0 Å². The monoisotopic (exact) mass is 844 g/mol. The summed E-state index contributed by atoms with van der Waals surface area (Å²) in [4.78, 5) is 23.0. The number of hydrogen-bond acceptors (Lipinski definition) is 5. The van der Waals surface area contributed by atoms with Crippen LogP contribution in [0.4, 0.5) is 0 Å². The maximum atomic E-state index is 12.8. The Morgan fingerprint density at radius 1 is 0.593 bits per heavy atom. The Labute approximate surface area is 362 Å². The van der Waals surface area contributed by atoms with Crippen LogP contribution in [-0.4, -0.2) is 73.4 Å². The van der Waals surface area contributed by atoms with Gasteiger partial charge in [0.1, 0.15) is 13.2 Å². The van der Waals surface area contributed by atoms with Gasteiger partial charge in [0.05, 0.1) is 39.9 Å². The van der Waals surface area contributed by atoms with E-state index < -0.39 is 20.0 Å². The molecular formula is C50H88N2O6P+. The second-order valence-electron chi connectivity index (χ2n) is 16.4. The van der Waals surface area contributed by atoms with Gasteiger partial charge in [0.15, 0.2) is 0 Å². The van der Waals surface area contributed by atoms with Crippen molar-refractivity contribution in [2.75, 3.05) is 40.9 Å². The van der Waals surface area contributed by atoms with Crippen molar-refractivity contribution in [1.29, 1.82) is 0 Å². The standard InChI is InChI=1S/C50H87N2O6P/c1-6-8-10-12-14-16-18-20-22-23-24-25-26-27-28-30-31-33-35-37-39-41-43-49(53)48(47-58-59(55,56)57-46-45-52(3,4)5)51-50(54)44-42-40-38-36-34-32-29-21-19-17-15-13-11-9-7-2/h9,11,15,17,21,27-29,33-36,40-43,48-49,53H,6-8,10,12-14,16,18-20,22-26,30-32,37-39,44-47H2,1-5H3,(H-,51,54,55,56)/p+1/b11-9-,17-15-,28-27+,29-21-,35-33+,36-34-,42-40-,43-41+. The summed E-state index contributed by atoms with van der Waals surface area (Å²) in [6, 6.07) is -0.929. The number of amides is 1. The quantitative estimate of drug-likeness (QED) is 0.0246. The number of aliphatic hydroxyl groups is 1. The second kappa shape index (κ2) is 40.8. The van der Waals surface area contributed by atoms with E-state index in [1.807, 2.05) is 33.3 Å². The number of carbonyl (C=O) groups is 1. The third kappa shape index (κ3) is 43.3. The summed E-state index contributed by atoms with van der Waals surface area (Å²) in [5, 5.41) is 13.7. The molecule has 0 aromatic heterocycles. The van der Waals surface area contributed by atoms with E-state index in [-0.39, 0.29) is 25.5 Å². The van der Waals surface area contributed by atoms with Gasteiger partial charge in [-0.3, -0.25) is 13.8 Å². The molecule has 3 atom stereocenters. The molecule has 0 spiro atoms. The van der Waals surface area contributed by atoms with Crippen LogP contribution in [-0.2, 0) is 18.4 Å². The lowest BCUT2D eigenvalue weighted by atomic mass is 10.0. The Balaban J connectivity index is 4.59. The number of unbranched alkanes of at least 4 members (excludes halogenated alkanes) is 14. The highest BCUT2D eigenvalue weighted by Gasteiger charge is 2.27. The average Bonchev–Trinajstić information content (AvgIpc) is 3.19. The number of quaternary nitrogens is 1. The van der Waals surface area contributed by atoms with E-state index in [0.717, 1.165) is 51.4 Å². The molecule has 0 saturated heterocycles. The van der Waals surface area contributed by atoms with Crippen molar-refractivity contribution >= 4 is 13.7 Å². The lowest BCUT2D eigenvalue weighted by Gasteiger charge is -2.25. The number of phosphoric ester groups is 1. The Hall–Kier alpha value is -2.58. The Bertz CT molecular complexity index is 1280. The van der Waals surface area contributed by atoms with Crippen molar-refractivity contribution in [3.8, 4) is 0 Å². The Morgan fingerprint density at radius 3 is 1.53 bits per heavy atom. The molecule has 1 amide bonds. The summed E-state index contributed by atoms with van der Waals surface area (Å²) in [5.74, 6) is -0.322. The van der Waals surface area contributed by atoms with Gasteiger partial charge in [-0.05, 0) is 70.6 Å². The van der Waals surface area contributed by atoms with Crippen molar-refractivity contribution in [2.24, 2.45) is 0 Å². The van der Waals surface area contributed by atoms with Gasteiger partial charge in [0.2, 0.25) is 5.91 Å². The SMILES string of the molecule is CC/C=C\C/C=C\C/C=C\C/C=C\C/C=C\CC(=O)NC(COP(=O)(O)OCC[N+](C)(C)C)C(O)/C=C/CC/C=C/CC/C=C/CCCCCCCCCCCCCC. The van der Waals surface area contributed by atoms with Gasteiger partial charge >= 0.3 is 7.82 Å². The molecule has 3 unspecified atom stereocenters. The summed E-state index contributed by atoms with van der Waals surface area (Å²) in [6.45, 7) is 4.57. The molecule has 59 heavy (non-hydrogen) atoms. The maximum Gasteiger partial charge on any atom is 0.472 e. The zero-order valence-corrected chi connectivity index (χ0v) is 39.1. The van der Waals surface area contributed by atoms with Gasteiger partial charge in [-0.2, -0.15) is 0 Å². The molecule has 0 rings (SSSR count). The van der Waals surface area contributed by atoms with E-state index in [4.69, 9.17) is 9.05 Å². The highest BCUT2D eigenvalue weighted by molar-refractivity contribution is 7.47. The molecule has 0 saturated carbocycles. The number of likely N-dealkylation sites (N-methyl/N-ethyl adjacent to an activating group) is 1. The largest absolute Gasteiger partial charge is 0.472 e. The number of phosphoric acid groups is 1. The van der Waals surface area contributed by atoms with Gasteiger partial charge < -0.3 is 19.8 Å². The Kier molecular flexibility index (Phi) is 39.0. The van der Waals surface area contributed by atoms with Crippen molar-refractivity contribution in [3.05, 3.63) is 97.2 Å². The highest BCUT2D eigenvalue weighted by atomic mass is 31.2. The molecule has 8 nitrogen and oxygen atoms in total. The van der Waals surface area contributed by atoms with Crippen LogP contribution in [0.2, 0.25) is 0 Å². The lowest BCUT2D eigenvalue weighted by Crippen LogP contribution is -2.45.